The lowest BCUT2D eigenvalue weighted by Gasteiger charge is -2.00. The molecule has 0 aliphatic carbocycles. The van der Waals surface area contributed by atoms with Gasteiger partial charge in [0.2, 0.25) is 0 Å². The first-order valence-corrected chi connectivity index (χ1v) is 10.8. The second kappa shape index (κ2) is 16.2. The maximum Gasteiger partial charge on any atom is 0.488 e. The molecule has 0 aromatic heterocycles. The predicted octanol–water partition coefficient (Wildman–Crippen LogP) is 5.39. The molecule has 2 N–H and O–H groups in total. The van der Waals surface area contributed by atoms with E-state index in [4.69, 9.17) is 26.4 Å². The second-order valence-corrected chi connectivity index (χ2v) is 7.52. The van der Waals surface area contributed by atoms with E-state index in [1.807, 2.05) is 18.9 Å². The highest BCUT2D eigenvalue weighted by molar-refractivity contribution is 6.58. The molecule has 0 bridgehead atoms. The van der Waals surface area contributed by atoms with Gasteiger partial charge in [-0.1, -0.05) is 102 Å². The van der Waals surface area contributed by atoms with E-state index in [9.17, 15) is 4.79 Å². The van der Waals surface area contributed by atoms with E-state index in [0.717, 1.165) is 0 Å². The lowest BCUT2D eigenvalue weighted by Crippen LogP contribution is -2.29. The Hall–Kier alpha value is -3.51. The smallest absolute Gasteiger partial charge is 0.423 e. The molecule has 0 saturated carbocycles. The van der Waals surface area contributed by atoms with Gasteiger partial charge in [0, 0.05) is 10.6 Å². The standard InChI is InChI=1S/C13H12.C8H7ClO.C6H7BO2.CH2O/c1-11-7-9-13(10-8-11)12-5-3-2-4-6-12;1-6(10)7-2-4-8(9)5-3-7;8-7(9)6-4-2-1-3-5-6;1-2/h2-10H,1H3;2-5H,1H3;1-5,8-9H;1H2. The van der Waals surface area contributed by atoms with Crippen molar-refractivity contribution in [3.05, 3.63) is 125 Å². The predicted molar refractivity (Wildman–Crippen MR) is 141 cm³/mol. The number of carbonyl (C=O) groups is 2. The van der Waals surface area contributed by atoms with Crippen LogP contribution in [0.5, 0.6) is 0 Å². The van der Waals surface area contributed by atoms with Gasteiger partial charge in [-0.05, 0) is 54.7 Å². The van der Waals surface area contributed by atoms with Crippen molar-refractivity contribution in [2.24, 2.45) is 0 Å². The SMILES string of the molecule is C=O.CC(=O)c1ccc(Cl)cc1.Cc1ccc(-c2ccccc2)cc1.OB(O)c1ccccc1. The van der Waals surface area contributed by atoms with Gasteiger partial charge >= 0.3 is 7.12 Å². The fourth-order valence-electron chi connectivity index (χ4n) is 2.69. The second-order valence-electron chi connectivity index (χ2n) is 7.08. The van der Waals surface area contributed by atoms with Crippen LogP contribution in [0.2, 0.25) is 5.02 Å². The Kier molecular flexibility index (Phi) is 13.6. The molecule has 34 heavy (non-hydrogen) atoms. The van der Waals surface area contributed by atoms with Crippen LogP contribution in [0.4, 0.5) is 0 Å². The van der Waals surface area contributed by atoms with Crippen molar-refractivity contribution in [1.29, 1.82) is 0 Å². The largest absolute Gasteiger partial charge is 0.488 e. The van der Waals surface area contributed by atoms with Gasteiger partial charge in [-0.25, -0.2) is 0 Å². The highest BCUT2D eigenvalue weighted by Gasteiger charge is 2.07. The molecule has 0 aliphatic rings. The van der Waals surface area contributed by atoms with Crippen LogP contribution >= 0.6 is 11.6 Å². The highest BCUT2D eigenvalue weighted by atomic mass is 35.5. The average Bonchev–Trinajstić information content (AvgIpc) is 2.88. The van der Waals surface area contributed by atoms with Gasteiger partial charge < -0.3 is 14.8 Å². The van der Waals surface area contributed by atoms with Gasteiger partial charge in [-0.2, -0.15) is 0 Å². The van der Waals surface area contributed by atoms with Gasteiger partial charge in [0.25, 0.3) is 0 Å². The first-order valence-electron chi connectivity index (χ1n) is 10.5. The van der Waals surface area contributed by atoms with E-state index in [0.29, 0.717) is 16.0 Å². The Morgan fingerprint density at radius 1 is 0.706 bits per heavy atom. The molecular weight excluding hydrogens is 447 g/mol. The fraction of sp³-hybridized carbons (Fsp3) is 0.0714. The number of hydrogen-bond donors (Lipinski definition) is 2. The lowest BCUT2D eigenvalue weighted by atomic mass is 9.81. The number of ketones is 1. The Labute approximate surface area is 206 Å². The van der Waals surface area contributed by atoms with Crippen LogP contribution in [0.25, 0.3) is 11.1 Å². The summed E-state index contributed by atoms with van der Waals surface area (Å²) < 4.78 is 0. The normalized spacial score (nSPS) is 9.09. The molecular formula is C28H28BClO4. The first kappa shape index (κ1) is 28.5. The minimum atomic E-state index is -1.34. The van der Waals surface area contributed by atoms with Crippen LogP contribution in [0.3, 0.4) is 0 Å². The maximum atomic E-state index is 10.7. The molecule has 4 nitrogen and oxygen atoms in total. The lowest BCUT2D eigenvalue weighted by molar-refractivity contribution is -0.0980. The van der Waals surface area contributed by atoms with Crippen LogP contribution in [-0.2, 0) is 4.79 Å². The summed E-state index contributed by atoms with van der Waals surface area (Å²) >= 11 is 5.61. The molecule has 4 aromatic rings. The molecule has 6 heteroatoms. The van der Waals surface area contributed by atoms with Crippen LogP contribution in [0, 0.1) is 6.92 Å². The van der Waals surface area contributed by atoms with E-state index in [1.54, 1.807) is 48.5 Å². The molecule has 0 fully saturated rings. The van der Waals surface area contributed by atoms with Gasteiger partial charge in [-0.3, -0.25) is 4.79 Å². The third-order valence-electron chi connectivity index (χ3n) is 4.51. The van der Waals surface area contributed by atoms with E-state index in [2.05, 4.69) is 55.5 Å². The molecule has 0 spiro atoms. The zero-order valence-corrected chi connectivity index (χ0v) is 20.0. The minimum Gasteiger partial charge on any atom is -0.423 e. The van der Waals surface area contributed by atoms with Crippen LogP contribution in [0.1, 0.15) is 22.8 Å². The molecule has 0 heterocycles. The van der Waals surface area contributed by atoms with Gasteiger partial charge in [-0.15, -0.1) is 0 Å². The van der Waals surface area contributed by atoms with E-state index >= 15 is 0 Å². The summed E-state index contributed by atoms with van der Waals surface area (Å²) in [4.78, 5) is 18.7. The molecule has 0 saturated heterocycles. The molecule has 4 aromatic carbocycles. The summed E-state index contributed by atoms with van der Waals surface area (Å²) in [6, 6.07) is 34.5. The number of Topliss-reactive ketones (excluding diaryl/α,β-unsaturated/α-hetero) is 1. The number of halogens is 1. The van der Waals surface area contributed by atoms with Crippen molar-refractivity contribution >= 4 is 36.8 Å². The molecule has 0 amide bonds. The summed E-state index contributed by atoms with van der Waals surface area (Å²) in [7, 11) is -1.34. The van der Waals surface area contributed by atoms with Crippen molar-refractivity contribution in [1.82, 2.24) is 0 Å². The first-order chi connectivity index (χ1) is 16.4. The third kappa shape index (κ3) is 10.9. The fourth-order valence-corrected chi connectivity index (χ4v) is 2.81. The summed E-state index contributed by atoms with van der Waals surface area (Å²) in [5.41, 5.74) is 5.09. The van der Waals surface area contributed by atoms with Crippen molar-refractivity contribution in [3.8, 4) is 11.1 Å². The Bertz CT molecular complexity index is 1080. The third-order valence-corrected chi connectivity index (χ3v) is 4.76. The topological polar surface area (TPSA) is 74.6 Å². The highest BCUT2D eigenvalue weighted by Crippen LogP contribution is 2.18. The number of rotatable bonds is 3. The summed E-state index contributed by atoms with van der Waals surface area (Å²) in [5.74, 6) is 0.0664. The summed E-state index contributed by atoms with van der Waals surface area (Å²) in [6.07, 6.45) is 0. The number of carbonyl (C=O) groups excluding carboxylic acids is 2. The van der Waals surface area contributed by atoms with Gasteiger partial charge in [0.05, 0.1) is 0 Å². The number of aryl methyl sites for hydroxylation is 1. The van der Waals surface area contributed by atoms with E-state index < -0.39 is 7.12 Å². The van der Waals surface area contributed by atoms with Crippen molar-refractivity contribution in [2.45, 2.75) is 13.8 Å². The minimum absolute atomic E-state index is 0.0664. The molecule has 174 valence electrons. The Balaban J connectivity index is 0.000000251. The van der Waals surface area contributed by atoms with E-state index in [1.165, 1.54) is 23.6 Å². The van der Waals surface area contributed by atoms with Crippen LogP contribution < -0.4 is 5.46 Å². The zero-order chi connectivity index (χ0) is 25.3. The van der Waals surface area contributed by atoms with Crippen LogP contribution in [-0.4, -0.2) is 29.7 Å². The molecule has 4 rings (SSSR count). The number of hydrogen-bond acceptors (Lipinski definition) is 4. The molecule has 0 atom stereocenters. The number of benzene rings is 4. The van der Waals surface area contributed by atoms with Gasteiger partial charge in [0.1, 0.15) is 6.79 Å². The summed E-state index contributed by atoms with van der Waals surface area (Å²) in [5, 5.41) is 17.8. The zero-order valence-electron chi connectivity index (χ0n) is 19.3. The molecule has 0 aliphatic heterocycles. The van der Waals surface area contributed by atoms with E-state index in [-0.39, 0.29) is 5.78 Å². The molecule has 0 radical (unpaired) electrons. The van der Waals surface area contributed by atoms with Crippen LogP contribution in [0.15, 0.2) is 109 Å². The van der Waals surface area contributed by atoms with Crippen molar-refractivity contribution in [2.75, 3.05) is 0 Å². The quantitative estimate of drug-likeness (QED) is 0.308. The van der Waals surface area contributed by atoms with Crippen molar-refractivity contribution in [3.63, 3.8) is 0 Å². The summed E-state index contributed by atoms with van der Waals surface area (Å²) in [6.45, 7) is 5.64. The Morgan fingerprint density at radius 3 is 1.56 bits per heavy atom. The monoisotopic (exact) mass is 474 g/mol. The molecule has 0 unspecified atom stereocenters. The van der Waals surface area contributed by atoms with Crippen molar-refractivity contribution < 1.29 is 19.6 Å². The Morgan fingerprint density at radius 2 is 1.15 bits per heavy atom. The average molecular weight is 475 g/mol. The maximum absolute atomic E-state index is 10.7. The van der Waals surface area contributed by atoms with Gasteiger partial charge in [0.15, 0.2) is 5.78 Å².